The lowest BCUT2D eigenvalue weighted by atomic mass is 9.80. The van der Waals surface area contributed by atoms with E-state index in [1.165, 1.54) is 36.8 Å². The van der Waals surface area contributed by atoms with Gasteiger partial charge in [0.05, 0.1) is 0 Å². The molecule has 1 saturated carbocycles. The number of nitrogens with two attached hydrogens (primary N) is 1. The van der Waals surface area contributed by atoms with Gasteiger partial charge in [-0.3, -0.25) is 0 Å². The van der Waals surface area contributed by atoms with E-state index in [4.69, 9.17) is 5.73 Å². The Labute approximate surface area is 105 Å². The highest BCUT2D eigenvalue weighted by atomic mass is 14.5. The van der Waals surface area contributed by atoms with Crippen LogP contribution in [-0.2, 0) is 0 Å². The molecular weight excluding hydrogens is 206 g/mol. The molecule has 0 aliphatic heterocycles. The summed E-state index contributed by atoms with van der Waals surface area (Å²) in [6.07, 6.45) is 6.78. The molecule has 2 N–H and O–H groups in total. The van der Waals surface area contributed by atoms with Crippen molar-refractivity contribution < 1.29 is 0 Å². The van der Waals surface area contributed by atoms with Gasteiger partial charge in [0.25, 0.3) is 0 Å². The molecule has 1 aromatic rings. The number of aryl methyl sites for hydroxylation is 1. The van der Waals surface area contributed by atoms with E-state index in [0.717, 1.165) is 18.9 Å². The predicted octanol–water partition coefficient (Wildman–Crippen LogP) is 3.93. The highest BCUT2D eigenvalue weighted by Crippen LogP contribution is 2.40. The Kier molecular flexibility index (Phi) is 4.22. The van der Waals surface area contributed by atoms with Gasteiger partial charge in [-0.05, 0) is 68.2 Å². The Bertz CT molecular complexity index is 364. The minimum Gasteiger partial charge on any atom is -0.330 e. The predicted molar refractivity (Wildman–Crippen MR) is 74.3 cm³/mol. The van der Waals surface area contributed by atoms with Crippen molar-refractivity contribution in [1.82, 2.24) is 0 Å². The summed E-state index contributed by atoms with van der Waals surface area (Å²) in [4.78, 5) is 0. The second-order valence-electron chi connectivity index (χ2n) is 5.52. The second-order valence-corrected chi connectivity index (χ2v) is 5.52. The molecule has 17 heavy (non-hydrogen) atoms. The zero-order valence-electron chi connectivity index (χ0n) is 11.2. The van der Waals surface area contributed by atoms with Crippen molar-refractivity contribution in [2.24, 2.45) is 11.7 Å². The minimum atomic E-state index is 0.697. The summed E-state index contributed by atoms with van der Waals surface area (Å²) in [6.45, 7) is 5.30. The van der Waals surface area contributed by atoms with Crippen molar-refractivity contribution in [2.75, 3.05) is 6.54 Å². The molecule has 0 amide bonds. The fraction of sp³-hybridized carbons (Fsp3) is 0.625. The maximum absolute atomic E-state index is 5.82. The van der Waals surface area contributed by atoms with Crippen molar-refractivity contribution in [3.8, 4) is 0 Å². The molecule has 0 radical (unpaired) electrons. The molecule has 1 unspecified atom stereocenters. The molecule has 1 nitrogen and oxygen atoms in total. The second kappa shape index (κ2) is 5.68. The molecule has 0 heterocycles. The van der Waals surface area contributed by atoms with Crippen molar-refractivity contribution in [1.29, 1.82) is 0 Å². The van der Waals surface area contributed by atoms with Gasteiger partial charge >= 0.3 is 0 Å². The molecule has 1 heteroatoms. The zero-order chi connectivity index (χ0) is 12.3. The summed E-state index contributed by atoms with van der Waals surface area (Å²) in [7, 11) is 0. The van der Waals surface area contributed by atoms with Gasteiger partial charge in [0, 0.05) is 0 Å². The average molecular weight is 231 g/mol. The molecule has 1 aliphatic rings. The summed E-state index contributed by atoms with van der Waals surface area (Å²) in [5.41, 5.74) is 10.3. The third-order valence-corrected chi connectivity index (χ3v) is 4.49. The van der Waals surface area contributed by atoms with Gasteiger partial charge in [-0.1, -0.05) is 31.0 Å². The van der Waals surface area contributed by atoms with Crippen molar-refractivity contribution in [3.63, 3.8) is 0 Å². The molecule has 1 fully saturated rings. The van der Waals surface area contributed by atoms with Crippen LogP contribution in [0.15, 0.2) is 18.2 Å². The van der Waals surface area contributed by atoms with E-state index >= 15 is 0 Å². The first-order chi connectivity index (χ1) is 8.24. The smallest absolute Gasteiger partial charge is 0.00713 e. The normalized spacial score (nSPS) is 18.5. The molecule has 0 spiro atoms. The Morgan fingerprint density at radius 2 is 1.94 bits per heavy atom. The van der Waals surface area contributed by atoms with Crippen LogP contribution in [0.3, 0.4) is 0 Å². The minimum absolute atomic E-state index is 0.697. The van der Waals surface area contributed by atoms with E-state index < -0.39 is 0 Å². The first-order valence-corrected chi connectivity index (χ1v) is 7.00. The van der Waals surface area contributed by atoms with Gasteiger partial charge in [-0.25, -0.2) is 0 Å². The number of hydrogen-bond acceptors (Lipinski definition) is 1. The first kappa shape index (κ1) is 12.6. The summed E-state index contributed by atoms with van der Waals surface area (Å²) in [6, 6.07) is 6.74. The topological polar surface area (TPSA) is 26.0 Å². The fourth-order valence-electron chi connectivity index (χ4n) is 3.36. The zero-order valence-corrected chi connectivity index (χ0v) is 11.2. The summed E-state index contributed by atoms with van der Waals surface area (Å²) >= 11 is 0. The molecule has 1 aliphatic carbocycles. The van der Waals surface area contributed by atoms with Crippen LogP contribution in [0.25, 0.3) is 0 Å². The molecule has 2 rings (SSSR count). The van der Waals surface area contributed by atoms with Crippen LogP contribution in [0.2, 0.25) is 0 Å². The lowest BCUT2D eigenvalue weighted by Crippen LogP contribution is -2.16. The molecular formula is C16H25N. The Morgan fingerprint density at radius 1 is 1.24 bits per heavy atom. The third-order valence-electron chi connectivity index (χ3n) is 4.49. The standard InChI is InChI=1S/C16H25N/c1-12-6-5-9-15(13(12)2)16(10-11-17)14-7-3-4-8-14/h5-6,9,14,16H,3-4,7-8,10-11,17H2,1-2H3. The van der Waals surface area contributed by atoms with E-state index in [-0.39, 0.29) is 0 Å². The van der Waals surface area contributed by atoms with Gasteiger partial charge < -0.3 is 5.73 Å². The van der Waals surface area contributed by atoms with Gasteiger partial charge in [0.1, 0.15) is 0 Å². The highest BCUT2D eigenvalue weighted by Gasteiger charge is 2.26. The SMILES string of the molecule is Cc1cccc(C(CCN)C2CCCC2)c1C. The van der Waals surface area contributed by atoms with Gasteiger partial charge in [-0.15, -0.1) is 0 Å². The molecule has 94 valence electrons. The van der Waals surface area contributed by atoms with Crippen molar-refractivity contribution >= 4 is 0 Å². The lowest BCUT2D eigenvalue weighted by Gasteiger charge is -2.25. The highest BCUT2D eigenvalue weighted by molar-refractivity contribution is 5.36. The summed E-state index contributed by atoms with van der Waals surface area (Å²) < 4.78 is 0. The van der Waals surface area contributed by atoms with Crippen molar-refractivity contribution in [3.05, 3.63) is 34.9 Å². The number of rotatable bonds is 4. The van der Waals surface area contributed by atoms with E-state index in [1.807, 2.05) is 0 Å². The number of hydrogen-bond donors (Lipinski definition) is 1. The van der Waals surface area contributed by atoms with Crippen LogP contribution in [0.5, 0.6) is 0 Å². The van der Waals surface area contributed by atoms with Crippen molar-refractivity contribution in [2.45, 2.75) is 51.9 Å². The van der Waals surface area contributed by atoms with Crippen LogP contribution in [0, 0.1) is 19.8 Å². The van der Waals surface area contributed by atoms with E-state index in [2.05, 4.69) is 32.0 Å². The maximum atomic E-state index is 5.82. The van der Waals surface area contributed by atoms with E-state index in [9.17, 15) is 0 Å². The Hall–Kier alpha value is -0.820. The fourth-order valence-corrected chi connectivity index (χ4v) is 3.36. The monoisotopic (exact) mass is 231 g/mol. The molecule has 1 aromatic carbocycles. The molecule has 0 saturated heterocycles. The first-order valence-electron chi connectivity index (χ1n) is 7.00. The maximum Gasteiger partial charge on any atom is -0.00713 e. The molecule has 0 aromatic heterocycles. The van der Waals surface area contributed by atoms with E-state index in [0.29, 0.717) is 5.92 Å². The largest absolute Gasteiger partial charge is 0.330 e. The Balaban J connectivity index is 2.27. The van der Waals surface area contributed by atoms with E-state index in [1.54, 1.807) is 5.56 Å². The van der Waals surface area contributed by atoms with Crippen LogP contribution in [0.1, 0.15) is 54.7 Å². The van der Waals surface area contributed by atoms with Crippen LogP contribution < -0.4 is 5.73 Å². The summed E-state index contributed by atoms with van der Waals surface area (Å²) in [5, 5.41) is 0. The van der Waals surface area contributed by atoms with Gasteiger partial charge in [0.15, 0.2) is 0 Å². The third kappa shape index (κ3) is 2.71. The van der Waals surface area contributed by atoms with Crippen LogP contribution >= 0.6 is 0 Å². The summed E-state index contributed by atoms with van der Waals surface area (Å²) in [5.74, 6) is 1.57. The van der Waals surface area contributed by atoms with Crippen LogP contribution in [-0.4, -0.2) is 6.54 Å². The lowest BCUT2D eigenvalue weighted by molar-refractivity contribution is 0.414. The number of benzene rings is 1. The average Bonchev–Trinajstić information content (AvgIpc) is 2.84. The Morgan fingerprint density at radius 3 is 2.59 bits per heavy atom. The molecule has 1 atom stereocenters. The van der Waals surface area contributed by atoms with Crippen LogP contribution in [0.4, 0.5) is 0 Å². The van der Waals surface area contributed by atoms with Gasteiger partial charge in [-0.2, -0.15) is 0 Å². The van der Waals surface area contributed by atoms with Gasteiger partial charge in [0.2, 0.25) is 0 Å². The molecule has 0 bridgehead atoms. The quantitative estimate of drug-likeness (QED) is 0.835.